The summed E-state index contributed by atoms with van der Waals surface area (Å²) in [6, 6.07) is 4.11. The van der Waals surface area contributed by atoms with Crippen LogP contribution in [0.3, 0.4) is 0 Å². The highest BCUT2D eigenvalue weighted by atomic mass is 19.1. The highest BCUT2D eigenvalue weighted by Crippen LogP contribution is 2.37. The van der Waals surface area contributed by atoms with E-state index in [9.17, 15) is 9.59 Å². The molecule has 2 N–H and O–H groups in total. The number of halogens is 1. The molecule has 1 saturated carbocycles. The quantitative estimate of drug-likeness (QED) is 0.632. The Kier molecular flexibility index (Phi) is 6.65. The lowest BCUT2D eigenvalue weighted by Crippen LogP contribution is -2.44. The molecule has 1 aliphatic carbocycles. The average Bonchev–Trinajstić information content (AvgIpc) is 3.67. The second kappa shape index (κ2) is 9.77. The van der Waals surface area contributed by atoms with Crippen LogP contribution in [0.25, 0.3) is 11.3 Å². The molecule has 0 unspecified atom stereocenters. The van der Waals surface area contributed by atoms with E-state index in [1.54, 1.807) is 11.0 Å². The number of morpholine rings is 1. The minimum absolute atomic E-state index is 0.00886. The number of aromatic nitrogens is 2. The van der Waals surface area contributed by atoms with E-state index in [1.807, 2.05) is 32.6 Å². The van der Waals surface area contributed by atoms with Gasteiger partial charge in [0, 0.05) is 24.7 Å². The third-order valence-electron chi connectivity index (χ3n) is 6.72. The van der Waals surface area contributed by atoms with Crippen molar-refractivity contribution in [2.45, 2.75) is 58.2 Å². The number of urea groups is 1. The topological polar surface area (TPSA) is 109 Å². The molecule has 1 saturated heterocycles. The minimum atomic E-state index is -0.690. The van der Waals surface area contributed by atoms with Gasteiger partial charge in [0.05, 0.1) is 37.2 Å². The molecule has 10 nitrogen and oxygen atoms in total. The van der Waals surface area contributed by atoms with Crippen molar-refractivity contribution in [3.8, 4) is 17.1 Å². The van der Waals surface area contributed by atoms with Crippen LogP contribution in [-0.4, -0.2) is 77.3 Å². The van der Waals surface area contributed by atoms with Gasteiger partial charge in [0.15, 0.2) is 0 Å². The number of ether oxygens (including phenoxy) is 2. The number of hydrogen-bond acceptors (Lipinski definition) is 7. The molecule has 2 fully saturated rings. The molecule has 2 aliphatic heterocycles. The summed E-state index contributed by atoms with van der Waals surface area (Å²) in [6.07, 6.45) is 1.86. The molecular weight excluding hydrogens is 479 g/mol. The molecule has 3 aliphatic rings. The van der Waals surface area contributed by atoms with E-state index in [4.69, 9.17) is 19.4 Å². The first-order valence-electron chi connectivity index (χ1n) is 12.8. The molecule has 198 valence electrons. The maximum Gasteiger partial charge on any atom is 0.319 e. The summed E-state index contributed by atoms with van der Waals surface area (Å²) in [4.78, 5) is 39.0. The maximum absolute atomic E-state index is 15.2. The van der Waals surface area contributed by atoms with Gasteiger partial charge in [-0.05, 0) is 52.7 Å². The van der Waals surface area contributed by atoms with Crippen molar-refractivity contribution in [1.82, 2.24) is 20.2 Å². The van der Waals surface area contributed by atoms with Crippen LogP contribution in [0.2, 0.25) is 0 Å². The van der Waals surface area contributed by atoms with Gasteiger partial charge in [-0.15, -0.1) is 0 Å². The second-order valence-electron chi connectivity index (χ2n) is 10.4. The summed E-state index contributed by atoms with van der Waals surface area (Å²) in [6.45, 7) is 10.2. The largest absolute Gasteiger partial charge is 0.469 e. The average molecular weight is 513 g/mol. The fourth-order valence-corrected chi connectivity index (χ4v) is 4.63. The molecule has 3 heterocycles. The van der Waals surface area contributed by atoms with E-state index in [-0.39, 0.29) is 40.8 Å². The molecular formula is C26H33FN6O4. The fourth-order valence-electron chi connectivity index (χ4n) is 4.63. The zero-order chi connectivity index (χ0) is 26.3. The van der Waals surface area contributed by atoms with Crippen LogP contribution in [0.4, 0.5) is 20.8 Å². The molecule has 2 aromatic rings. The molecule has 3 amide bonds. The maximum atomic E-state index is 15.2. The number of fused-ring (bicyclic) bond motifs is 1. The lowest BCUT2D eigenvalue weighted by molar-refractivity contribution is 0.0541. The van der Waals surface area contributed by atoms with Gasteiger partial charge in [0.25, 0.3) is 5.91 Å². The van der Waals surface area contributed by atoms with Crippen molar-refractivity contribution in [2.75, 3.05) is 43.1 Å². The third-order valence-corrected chi connectivity index (χ3v) is 6.72. The Morgan fingerprint density at radius 3 is 2.73 bits per heavy atom. The van der Waals surface area contributed by atoms with Crippen LogP contribution < -0.4 is 20.3 Å². The van der Waals surface area contributed by atoms with Crippen LogP contribution in [0.1, 0.15) is 50.9 Å². The zero-order valence-electron chi connectivity index (χ0n) is 21.6. The molecule has 1 aromatic heterocycles. The van der Waals surface area contributed by atoms with Crippen molar-refractivity contribution >= 4 is 23.6 Å². The Morgan fingerprint density at radius 1 is 1.27 bits per heavy atom. The van der Waals surface area contributed by atoms with E-state index in [1.165, 1.54) is 12.1 Å². The molecule has 5 rings (SSSR count). The summed E-state index contributed by atoms with van der Waals surface area (Å²) in [5.41, 5.74) is 0.225. The number of nitrogens with zero attached hydrogens (tertiary/aromatic N) is 4. The number of likely N-dealkylation sites (N-methyl/N-ethyl adjacent to an activating group) is 1. The van der Waals surface area contributed by atoms with Crippen molar-refractivity contribution in [3.05, 3.63) is 29.6 Å². The summed E-state index contributed by atoms with van der Waals surface area (Å²) < 4.78 is 27.1. The lowest BCUT2D eigenvalue weighted by Gasteiger charge is -2.34. The highest BCUT2D eigenvalue weighted by molar-refractivity contribution is 6.03. The predicted octanol–water partition coefficient (Wildman–Crippen LogP) is 3.42. The molecule has 1 atom stereocenters. The Bertz CT molecular complexity index is 1220. The van der Waals surface area contributed by atoms with Crippen LogP contribution in [0.15, 0.2) is 18.2 Å². The number of benzene rings is 1. The Labute approximate surface area is 215 Å². The van der Waals surface area contributed by atoms with Crippen molar-refractivity contribution in [1.29, 1.82) is 0 Å². The standard InChI is InChI=1S/C26H33FN6O4/c1-5-32-14-26(3,4)37-22-20(23(32)34)21(30-24(31-22)33-10-11-36-13-15(33)2)16-6-9-19(18(27)12-16)29-25(35)28-17-7-8-17/h6,9,12,15,17H,5,7-8,10-11,13-14H2,1-4H3,(H2,28,29,35)/t15-/m0/s1. The van der Waals surface area contributed by atoms with Gasteiger partial charge in [-0.25, -0.2) is 14.2 Å². The van der Waals surface area contributed by atoms with Crippen LogP contribution >= 0.6 is 0 Å². The van der Waals surface area contributed by atoms with Gasteiger partial charge in [-0.3, -0.25) is 4.79 Å². The van der Waals surface area contributed by atoms with E-state index < -0.39 is 17.4 Å². The van der Waals surface area contributed by atoms with E-state index in [2.05, 4.69) is 10.6 Å². The monoisotopic (exact) mass is 512 g/mol. The van der Waals surface area contributed by atoms with Gasteiger partial charge in [-0.1, -0.05) is 6.07 Å². The normalized spacial score (nSPS) is 21.1. The summed E-state index contributed by atoms with van der Waals surface area (Å²) >= 11 is 0. The number of hydrogen-bond donors (Lipinski definition) is 2. The second-order valence-corrected chi connectivity index (χ2v) is 10.4. The van der Waals surface area contributed by atoms with Crippen LogP contribution in [0, 0.1) is 5.82 Å². The number of carbonyl (C=O) groups is 2. The van der Waals surface area contributed by atoms with Crippen molar-refractivity contribution in [3.63, 3.8) is 0 Å². The summed E-state index contributed by atoms with van der Waals surface area (Å²) in [5, 5.41) is 5.33. The number of amides is 3. The Hall–Kier alpha value is -3.47. The summed E-state index contributed by atoms with van der Waals surface area (Å²) in [5.74, 6) is -0.335. The van der Waals surface area contributed by atoms with Crippen molar-refractivity contribution < 1.29 is 23.5 Å². The van der Waals surface area contributed by atoms with E-state index >= 15 is 4.39 Å². The Morgan fingerprint density at radius 2 is 2.05 bits per heavy atom. The van der Waals surface area contributed by atoms with E-state index in [0.717, 1.165) is 12.8 Å². The summed E-state index contributed by atoms with van der Waals surface area (Å²) in [7, 11) is 0. The SMILES string of the molecule is CCN1CC(C)(C)Oc2nc(N3CCOC[C@@H]3C)nc(-c3ccc(NC(=O)NC4CC4)c(F)c3)c2C1=O. The zero-order valence-corrected chi connectivity index (χ0v) is 21.6. The minimum Gasteiger partial charge on any atom is -0.469 e. The molecule has 1 aromatic carbocycles. The first-order chi connectivity index (χ1) is 17.6. The highest BCUT2D eigenvalue weighted by Gasteiger charge is 2.38. The van der Waals surface area contributed by atoms with Crippen molar-refractivity contribution in [2.24, 2.45) is 0 Å². The number of carbonyl (C=O) groups excluding carboxylic acids is 2. The number of rotatable bonds is 5. The molecule has 0 radical (unpaired) electrons. The first kappa shape index (κ1) is 25.2. The van der Waals surface area contributed by atoms with Gasteiger partial charge < -0.3 is 29.9 Å². The predicted molar refractivity (Wildman–Crippen MR) is 137 cm³/mol. The third kappa shape index (κ3) is 5.31. The number of anilines is 2. The van der Waals surface area contributed by atoms with Gasteiger partial charge in [0.1, 0.15) is 17.0 Å². The van der Waals surface area contributed by atoms with Crippen LogP contribution in [0.5, 0.6) is 5.88 Å². The van der Waals surface area contributed by atoms with Gasteiger partial charge in [0.2, 0.25) is 11.8 Å². The molecule has 0 spiro atoms. The number of nitrogens with one attached hydrogen (secondary N) is 2. The fraction of sp³-hybridized carbons (Fsp3) is 0.538. The van der Waals surface area contributed by atoms with Gasteiger partial charge in [-0.2, -0.15) is 4.98 Å². The molecule has 11 heteroatoms. The lowest BCUT2D eigenvalue weighted by atomic mass is 10.0. The molecule has 0 bridgehead atoms. The smallest absolute Gasteiger partial charge is 0.319 e. The van der Waals surface area contributed by atoms with Gasteiger partial charge >= 0.3 is 6.03 Å². The van der Waals surface area contributed by atoms with Crippen LogP contribution in [-0.2, 0) is 4.74 Å². The first-order valence-corrected chi connectivity index (χ1v) is 12.8. The Balaban J connectivity index is 1.59. The molecule has 37 heavy (non-hydrogen) atoms. The van der Waals surface area contributed by atoms with E-state index in [0.29, 0.717) is 44.4 Å².